The highest BCUT2D eigenvalue weighted by atomic mass is 35.5. The van der Waals surface area contributed by atoms with Crippen LogP contribution in [-0.4, -0.2) is 32.2 Å². The summed E-state index contributed by atoms with van der Waals surface area (Å²) < 4.78 is 7.83. The number of rotatable bonds is 5. The van der Waals surface area contributed by atoms with Gasteiger partial charge in [0.25, 0.3) is 0 Å². The molecule has 1 unspecified atom stereocenters. The summed E-state index contributed by atoms with van der Waals surface area (Å²) in [6.45, 7) is 2.22. The predicted molar refractivity (Wildman–Crippen MR) is 97.7 cm³/mol. The SMILES string of the molecule is Clc1nc(NCc2ccccc2)c2ncn(CC3CCCCO3)c2n1. The molecule has 25 heavy (non-hydrogen) atoms. The van der Waals surface area contributed by atoms with Crippen LogP contribution >= 0.6 is 11.6 Å². The van der Waals surface area contributed by atoms with Gasteiger partial charge >= 0.3 is 0 Å². The van der Waals surface area contributed by atoms with Crippen LogP contribution in [0.4, 0.5) is 5.82 Å². The molecule has 1 saturated heterocycles. The minimum absolute atomic E-state index is 0.209. The van der Waals surface area contributed by atoms with E-state index in [1.165, 1.54) is 12.0 Å². The van der Waals surface area contributed by atoms with Crippen molar-refractivity contribution in [3.05, 3.63) is 47.5 Å². The first-order valence-corrected chi connectivity index (χ1v) is 8.95. The van der Waals surface area contributed by atoms with E-state index in [0.717, 1.165) is 37.2 Å². The number of benzene rings is 1. The molecule has 6 nitrogen and oxygen atoms in total. The molecule has 0 bridgehead atoms. The zero-order valence-corrected chi connectivity index (χ0v) is 14.6. The van der Waals surface area contributed by atoms with Gasteiger partial charge in [-0.15, -0.1) is 0 Å². The molecule has 0 radical (unpaired) electrons. The van der Waals surface area contributed by atoms with E-state index >= 15 is 0 Å². The van der Waals surface area contributed by atoms with E-state index < -0.39 is 0 Å². The van der Waals surface area contributed by atoms with Crippen molar-refractivity contribution in [2.45, 2.75) is 38.5 Å². The van der Waals surface area contributed by atoms with Crippen molar-refractivity contribution >= 4 is 28.6 Å². The Balaban J connectivity index is 1.57. The molecule has 1 aliphatic heterocycles. The second-order valence-electron chi connectivity index (χ2n) is 6.24. The van der Waals surface area contributed by atoms with Crippen LogP contribution in [-0.2, 0) is 17.8 Å². The van der Waals surface area contributed by atoms with E-state index in [1.54, 1.807) is 6.33 Å². The van der Waals surface area contributed by atoms with Crippen LogP contribution in [0.1, 0.15) is 24.8 Å². The topological polar surface area (TPSA) is 64.9 Å². The number of hydrogen-bond donors (Lipinski definition) is 1. The highest BCUT2D eigenvalue weighted by molar-refractivity contribution is 6.28. The van der Waals surface area contributed by atoms with E-state index in [4.69, 9.17) is 16.3 Å². The van der Waals surface area contributed by atoms with E-state index in [1.807, 2.05) is 22.8 Å². The number of nitrogens with one attached hydrogen (secondary N) is 1. The third-order valence-electron chi connectivity index (χ3n) is 4.41. The number of aromatic nitrogens is 4. The van der Waals surface area contributed by atoms with Crippen molar-refractivity contribution in [1.82, 2.24) is 19.5 Å². The molecule has 0 saturated carbocycles. The Bertz CT molecular complexity index is 845. The van der Waals surface area contributed by atoms with Gasteiger partial charge in [0.1, 0.15) is 0 Å². The van der Waals surface area contributed by atoms with Gasteiger partial charge in [-0.05, 0) is 36.4 Å². The van der Waals surface area contributed by atoms with Crippen LogP contribution in [0, 0.1) is 0 Å². The van der Waals surface area contributed by atoms with Crippen molar-refractivity contribution in [2.75, 3.05) is 11.9 Å². The molecule has 0 amide bonds. The Labute approximate surface area is 151 Å². The number of hydrogen-bond acceptors (Lipinski definition) is 5. The van der Waals surface area contributed by atoms with Crippen LogP contribution in [0.25, 0.3) is 11.2 Å². The van der Waals surface area contributed by atoms with Crippen molar-refractivity contribution in [3.63, 3.8) is 0 Å². The number of anilines is 1. The number of ether oxygens (including phenoxy) is 1. The lowest BCUT2D eigenvalue weighted by Gasteiger charge is -2.22. The summed E-state index contributed by atoms with van der Waals surface area (Å²) in [5, 5.41) is 3.54. The van der Waals surface area contributed by atoms with Crippen LogP contribution in [0.15, 0.2) is 36.7 Å². The Morgan fingerprint density at radius 3 is 2.88 bits per heavy atom. The molecule has 0 aliphatic carbocycles. The Kier molecular flexibility index (Phi) is 4.81. The molecule has 3 heterocycles. The van der Waals surface area contributed by atoms with E-state index in [-0.39, 0.29) is 11.4 Å². The summed E-state index contributed by atoms with van der Waals surface area (Å²) in [6, 6.07) is 10.1. The number of nitrogens with zero attached hydrogens (tertiary/aromatic N) is 4. The molecule has 0 spiro atoms. The van der Waals surface area contributed by atoms with Gasteiger partial charge in [-0.25, -0.2) is 4.98 Å². The molecule has 1 N–H and O–H groups in total. The van der Waals surface area contributed by atoms with Crippen LogP contribution in [0.2, 0.25) is 5.28 Å². The summed E-state index contributed by atoms with van der Waals surface area (Å²) in [4.78, 5) is 13.2. The molecule has 7 heteroatoms. The first-order valence-electron chi connectivity index (χ1n) is 8.57. The zero-order valence-electron chi connectivity index (χ0n) is 13.9. The van der Waals surface area contributed by atoms with Gasteiger partial charge in [0.2, 0.25) is 5.28 Å². The maximum atomic E-state index is 6.14. The highest BCUT2D eigenvalue weighted by Gasteiger charge is 2.18. The van der Waals surface area contributed by atoms with Gasteiger partial charge in [0.05, 0.1) is 19.0 Å². The fourth-order valence-corrected chi connectivity index (χ4v) is 3.29. The maximum Gasteiger partial charge on any atom is 0.226 e. The first kappa shape index (κ1) is 16.3. The second kappa shape index (κ2) is 7.37. The molecule has 130 valence electrons. The van der Waals surface area contributed by atoms with Gasteiger partial charge in [0.15, 0.2) is 17.0 Å². The molecule has 4 rings (SSSR count). The third-order valence-corrected chi connectivity index (χ3v) is 4.58. The van der Waals surface area contributed by atoms with Crippen LogP contribution < -0.4 is 5.32 Å². The Hall–Kier alpha value is -2.18. The molecule has 3 aromatic rings. The van der Waals surface area contributed by atoms with Crippen molar-refractivity contribution in [1.29, 1.82) is 0 Å². The summed E-state index contributed by atoms with van der Waals surface area (Å²) >= 11 is 6.14. The Morgan fingerprint density at radius 1 is 1.20 bits per heavy atom. The summed E-state index contributed by atoms with van der Waals surface area (Å²) in [6.07, 6.45) is 5.42. The number of imidazole rings is 1. The third kappa shape index (κ3) is 3.75. The standard InChI is InChI=1S/C18H20ClN5O/c19-18-22-16(20-10-13-6-2-1-3-7-13)15-17(23-18)24(12-21-15)11-14-8-4-5-9-25-14/h1-3,6-7,12,14H,4-5,8-11H2,(H,20,22,23). The van der Waals surface area contributed by atoms with Crippen LogP contribution in [0.5, 0.6) is 0 Å². The number of fused-ring (bicyclic) bond motifs is 1. The average molecular weight is 358 g/mol. The second-order valence-corrected chi connectivity index (χ2v) is 6.58. The van der Waals surface area contributed by atoms with Crippen molar-refractivity contribution in [2.24, 2.45) is 0 Å². The minimum atomic E-state index is 0.209. The van der Waals surface area contributed by atoms with Crippen molar-refractivity contribution in [3.8, 4) is 0 Å². The molecule has 1 atom stereocenters. The highest BCUT2D eigenvalue weighted by Crippen LogP contribution is 2.23. The van der Waals surface area contributed by atoms with Gasteiger partial charge < -0.3 is 14.6 Å². The monoisotopic (exact) mass is 357 g/mol. The summed E-state index contributed by atoms with van der Waals surface area (Å²) in [5.74, 6) is 0.655. The Morgan fingerprint density at radius 2 is 2.08 bits per heavy atom. The van der Waals surface area contributed by atoms with Gasteiger partial charge in [-0.1, -0.05) is 30.3 Å². The van der Waals surface area contributed by atoms with Gasteiger partial charge in [-0.3, -0.25) is 0 Å². The van der Waals surface area contributed by atoms with E-state index in [2.05, 4.69) is 32.4 Å². The lowest BCUT2D eigenvalue weighted by molar-refractivity contribution is 0.00653. The normalized spacial score (nSPS) is 17.7. The fourth-order valence-electron chi connectivity index (χ4n) is 3.13. The molecule has 1 aromatic carbocycles. The largest absolute Gasteiger partial charge is 0.376 e. The van der Waals surface area contributed by atoms with Gasteiger partial charge in [-0.2, -0.15) is 9.97 Å². The summed E-state index contributed by atoms with van der Waals surface area (Å²) in [7, 11) is 0. The molecular formula is C18H20ClN5O. The first-order chi connectivity index (χ1) is 12.3. The quantitative estimate of drug-likeness (QED) is 0.706. The predicted octanol–water partition coefficient (Wildman–Crippen LogP) is 3.66. The summed E-state index contributed by atoms with van der Waals surface area (Å²) in [5.41, 5.74) is 2.64. The molecule has 1 fully saturated rings. The van der Waals surface area contributed by atoms with E-state index in [0.29, 0.717) is 12.4 Å². The molecular weight excluding hydrogens is 338 g/mol. The van der Waals surface area contributed by atoms with Crippen LogP contribution in [0.3, 0.4) is 0 Å². The fraction of sp³-hybridized carbons (Fsp3) is 0.389. The zero-order chi connectivity index (χ0) is 17.1. The van der Waals surface area contributed by atoms with Gasteiger partial charge in [0, 0.05) is 13.2 Å². The molecule has 1 aliphatic rings. The van der Waals surface area contributed by atoms with Crippen molar-refractivity contribution < 1.29 is 4.74 Å². The minimum Gasteiger partial charge on any atom is -0.376 e. The lowest BCUT2D eigenvalue weighted by Crippen LogP contribution is -2.24. The molecule has 2 aromatic heterocycles. The van der Waals surface area contributed by atoms with E-state index in [9.17, 15) is 0 Å². The maximum absolute atomic E-state index is 6.14. The number of halogens is 1. The average Bonchev–Trinajstić information content (AvgIpc) is 3.04. The smallest absolute Gasteiger partial charge is 0.226 e. The lowest BCUT2D eigenvalue weighted by atomic mass is 10.1.